The zero-order chi connectivity index (χ0) is 25.7. The molecule has 190 valence electrons. The van der Waals surface area contributed by atoms with Crippen molar-refractivity contribution in [1.29, 1.82) is 0 Å². The van der Waals surface area contributed by atoms with Crippen LogP contribution >= 0.6 is 23.8 Å². The zero-order valence-electron chi connectivity index (χ0n) is 20.1. The number of benzene rings is 3. The lowest BCUT2D eigenvalue weighted by atomic mass is 9.78. The van der Waals surface area contributed by atoms with E-state index >= 15 is 0 Å². The number of amides is 1. The Hall–Kier alpha value is -3.69. The fourth-order valence-electron chi connectivity index (χ4n) is 5.20. The minimum absolute atomic E-state index is 0.189. The lowest BCUT2D eigenvalue weighted by molar-refractivity contribution is -0.151. The quantitative estimate of drug-likeness (QED) is 0.446. The van der Waals surface area contributed by atoms with Crippen LogP contribution in [0.2, 0.25) is 5.02 Å². The highest BCUT2D eigenvalue weighted by atomic mass is 35.5. The summed E-state index contributed by atoms with van der Waals surface area (Å²) in [6, 6.07) is 17.9. The van der Waals surface area contributed by atoms with Crippen LogP contribution in [0.5, 0.6) is 23.0 Å². The van der Waals surface area contributed by atoms with Crippen LogP contribution in [-0.4, -0.2) is 35.5 Å². The average molecular weight is 538 g/mol. The summed E-state index contributed by atoms with van der Waals surface area (Å²) < 4.78 is 23.3. The Bertz CT molecular complexity index is 1400. The van der Waals surface area contributed by atoms with Gasteiger partial charge in [-0.1, -0.05) is 29.8 Å². The van der Waals surface area contributed by atoms with Crippen molar-refractivity contribution in [3.05, 3.63) is 76.8 Å². The molecule has 0 aliphatic carbocycles. The fourth-order valence-corrected chi connectivity index (χ4v) is 5.70. The summed E-state index contributed by atoms with van der Waals surface area (Å²) in [6.07, 6.45) is 0. The smallest absolute Gasteiger partial charge is 0.236 e. The Kier molecular flexibility index (Phi) is 5.77. The van der Waals surface area contributed by atoms with Gasteiger partial charge >= 0.3 is 0 Å². The van der Waals surface area contributed by atoms with Crippen LogP contribution < -0.4 is 29.6 Å². The van der Waals surface area contributed by atoms with Crippen LogP contribution in [0, 0.1) is 5.92 Å². The molecule has 6 rings (SSSR count). The number of carbonyl (C=O) groups excluding carboxylic acids is 1. The van der Waals surface area contributed by atoms with Crippen molar-refractivity contribution in [1.82, 2.24) is 10.2 Å². The van der Waals surface area contributed by atoms with Gasteiger partial charge in [0.05, 0.1) is 13.2 Å². The van der Waals surface area contributed by atoms with E-state index in [1.54, 1.807) is 31.4 Å². The first kappa shape index (κ1) is 23.7. The Morgan fingerprint density at radius 1 is 1.19 bits per heavy atom. The number of rotatable bonds is 5. The van der Waals surface area contributed by atoms with E-state index < -0.39 is 17.7 Å². The summed E-state index contributed by atoms with van der Waals surface area (Å²) in [7, 11) is 1.60. The molecule has 1 amide bonds. The highest BCUT2D eigenvalue weighted by molar-refractivity contribution is 7.80. The van der Waals surface area contributed by atoms with Crippen molar-refractivity contribution < 1.29 is 23.7 Å². The van der Waals surface area contributed by atoms with Crippen LogP contribution in [0.4, 0.5) is 5.69 Å². The van der Waals surface area contributed by atoms with Crippen molar-refractivity contribution >= 4 is 40.5 Å². The summed E-state index contributed by atoms with van der Waals surface area (Å²) in [5.41, 5.74) is 1.23. The number of ether oxygens (including phenoxy) is 4. The summed E-state index contributed by atoms with van der Waals surface area (Å²) in [4.78, 5) is 15.8. The molecule has 3 atom stereocenters. The zero-order valence-corrected chi connectivity index (χ0v) is 21.7. The van der Waals surface area contributed by atoms with Gasteiger partial charge in [0, 0.05) is 22.8 Å². The number of nitrogens with zero attached hydrogens (tertiary/aromatic N) is 1. The molecule has 2 N–H and O–H groups in total. The maximum absolute atomic E-state index is 13.9. The van der Waals surface area contributed by atoms with E-state index in [-0.39, 0.29) is 12.7 Å². The molecule has 1 fully saturated rings. The van der Waals surface area contributed by atoms with E-state index in [0.717, 1.165) is 11.1 Å². The molecule has 0 aromatic heterocycles. The summed E-state index contributed by atoms with van der Waals surface area (Å²) in [5, 5.41) is 7.51. The van der Waals surface area contributed by atoms with Gasteiger partial charge in [-0.25, -0.2) is 0 Å². The third-order valence-electron chi connectivity index (χ3n) is 7.02. The Balaban J connectivity index is 1.41. The van der Waals surface area contributed by atoms with Crippen molar-refractivity contribution in [3.63, 3.8) is 0 Å². The molecule has 3 unspecified atom stereocenters. The van der Waals surface area contributed by atoms with Gasteiger partial charge < -0.3 is 34.5 Å². The molecule has 37 heavy (non-hydrogen) atoms. The second-order valence-corrected chi connectivity index (χ2v) is 10.0. The molecule has 10 heteroatoms. The SMILES string of the molecule is COc1cccc2c1OC1(C)C(C(=O)Nc3ccc(Cl)cc3)C2NC(=S)N1Cc1ccc2c(c1)OCO2. The van der Waals surface area contributed by atoms with E-state index in [9.17, 15) is 4.79 Å². The molecule has 0 spiro atoms. The van der Waals surface area contributed by atoms with Gasteiger partial charge in [0.25, 0.3) is 0 Å². The van der Waals surface area contributed by atoms with Crippen LogP contribution in [0.1, 0.15) is 24.1 Å². The molecule has 1 saturated heterocycles. The molecule has 3 aliphatic heterocycles. The third kappa shape index (κ3) is 3.98. The topological polar surface area (TPSA) is 81.3 Å². The van der Waals surface area contributed by atoms with Crippen LogP contribution in [0.25, 0.3) is 0 Å². The molecule has 2 bridgehead atoms. The number of hydrogen-bond donors (Lipinski definition) is 2. The predicted molar refractivity (Wildman–Crippen MR) is 142 cm³/mol. The molecular formula is C27H24ClN3O5S. The largest absolute Gasteiger partial charge is 0.493 e. The first-order valence-corrected chi connectivity index (χ1v) is 12.5. The van der Waals surface area contributed by atoms with Gasteiger partial charge in [0.1, 0.15) is 5.92 Å². The fraction of sp³-hybridized carbons (Fsp3) is 0.259. The van der Waals surface area contributed by atoms with Crippen molar-refractivity contribution in [2.75, 3.05) is 19.2 Å². The molecule has 3 aliphatic rings. The Labute approximate surface area is 224 Å². The number of thiocarbonyl (C=S) groups is 1. The monoisotopic (exact) mass is 537 g/mol. The summed E-state index contributed by atoms with van der Waals surface area (Å²) in [5.74, 6) is 1.66. The molecular weight excluding hydrogens is 514 g/mol. The molecule has 3 aromatic rings. The second-order valence-electron chi connectivity index (χ2n) is 9.21. The molecule has 3 heterocycles. The number of fused-ring (bicyclic) bond motifs is 5. The van der Waals surface area contributed by atoms with Gasteiger partial charge in [-0.15, -0.1) is 0 Å². The van der Waals surface area contributed by atoms with Crippen molar-refractivity contribution in [2.45, 2.75) is 25.2 Å². The second kappa shape index (κ2) is 9.00. The van der Waals surface area contributed by atoms with Gasteiger partial charge in [-0.05, 0) is 67.2 Å². The first-order chi connectivity index (χ1) is 17.9. The minimum atomic E-state index is -1.14. The van der Waals surface area contributed by atoms with E-state index in [2.05, 4.69) is 10.6 Å². The average Bonchev–Trinajstić information content (AvgIpc) is 3.35. The summed E-state index contributed by atoms with van der Waals surface area (Å²) in [6.45, 7) is 2.46. The van der Waals surface area contributed by atoms with Crippen LogP contribution in [0.15, 0.2) is 60.7 Å². The lowest BCUT2D eigenvalue weighted by Crippen LogP contribution is -2.71. The number of carbonyl (C=O) groups is 1. The Morgan fingerprint density at radius 3 is 2.76 bits per heavy atom. The van der Waals surface area contributed by atoms with Crippen LogP contribution in [0.3, 0.4) is 0 Å². The molecule has 0 saturated carbocycles. The van der Waals surface area contributed by atoms with Crippen molar-refractivity contribution in [2.24, 2.45) is 5.92 Å². The van der Waals surface area contributed by atoms with Gasteiger partial charge in [0.2, 0.25) is 12.7 Å². The normalized spacial score (nSPS) is 23.0. The molecule has 3 aromatic carbocycles. The number of nitrogens with one attached hydrogen (secondary N) is 2. The predicted octanol–water partition coefficient (Wildman–Crippen LogP) is 4.87. The maximum atomic E-state index is 13.9. The highest BCUT2D eigenvalue weighted by Crippen LogP contribution is 2.52. The standard InChI is InChI=1S/C27H24ClN3O5S/c1-27-22(25(32)29-17-9-7-16(28)8-10-17)23(18-4-3-5-20(33-2)24(18)36-27)30-26(37)31(27)13-15-6-11-19-21(12-15)35-14-34-19/h3-12,22-23H,13-14H2,1-2H3,(H,29,32)(H,30,37). The number of methoxy groups -OCH3 is 1. The number of para-hydroxylation sites is 1. The number of anilines is 1. The first-order valence-electron chi connectivity index (χ1n) is 11.8. The van der Waals surface area contributed by atoms with E-state index in [1.165, 1.54) is 0 Å². The number of halogens is 1. The minimum Gasteiger partial charge on any atom is -0.493 e. The Morgan fingerprint density at radius 2 is 1.97 bits per heavy atom. The van der Waals surface area contributed by atoms with E-state index in [0.29, 0.717) is 45.4 Å². The number of hydrogen-bond acceptors (Lipinski definition) is 6. The van der Waals surface area contributed by atoms with Crippen LogP contribution in [-0.2, 0) is 11.3 Å². The van der Waals surface area contributed by atoms with E-state index in [4.69, 9.17) is 42.8 Å². The molecule has 0 radical (unpaired) electrons. The van der Waals surface area contributed by atoms with Crippen molar-refractivity contribution in [3.8, 4) is 23.0 Å². The lowest BCUT2D eigenvalue weighted by Gasteiger charge is -2.56. The van der Waals surface area contributed by atoms with Gasteiger partial charge in [-0.3, -0.25) is 4.79 Å². The summed E-state index contributed by atoms with van der Waals surface area (Å²) >= 11 is 11.9. The van der Waals surface area contributed by atoms with Gasteiger partial charge in [0.15, 0.2) is 33.8 Å². The molecule has 8 nitrogen and oxygen atoms in total. The highest BCUT2D eigenvalue weighted by Gasteiger charge is 2.59. The van der Waals surface area contributed by atoms with Gasteiger partial charge in [-0.2, -0.15) is 0 Å². The third-order valence-corrected chi connectivity index (χ3v) is 7.61. The van der Waals surface area contributed by atoms with E-state index in [1.807, 2.05) is 48.2 Å². The maximum Gasteiger partial charge on any atom is 0.236 e.